The molecule has 0 amide bonds. The van der Waals surface area contributed by atoms with Crippen LogP contribution in [0.15, 0.2) is 36.0 Å². The fraction of sp³-hybridized carbons (Fsp3) is 0.467. The van der Waals surface area contributed by atoms with Crippen molar-refractivity contribution in [2.75, 3.05) is 0 Å². The second-order valence-corrected chi connectivity index (χ2v) is 5.40. The van der Waals surface area contributed by atoms with Gasteiger partial charge in [0.05, 0.1) is 0 Å². The summed E-state index contributed by atoms with van der Waals surface area (Å²) in [5.74, 6) is 0.565. The molecule has 0 saturated heterocycles. The second-order valence-electron chi connectivity index (χ2n) is 5.40. The molecule has 0 saturated carbocycles. The molecule has 4 atom stereocenters. The molecule has 0 aliphatic heterocycles. The molecular formula is C15H16O2. The SMILES string of the molecule is CC1=CC(=O)[C@@H]2[C@H]3C(=O)C=CC[C@@H]3C=C[C@H]2C1. The number of rotatable bonds is 0. The van der Waals surface area contributed by atoms with Crippen molar-refractivity contribution >= 4 is 11.6 Å². The second kappa shape index (κ2) is 3.80. The summed E-state index contributed by atoms with van der Waals surface area (Å²) in [4.78, 5) is 24.2. The minimum Gasteiger partial charge on any atom is -0.295 e. The lowest BCUT2D eigenvalue weighted by molar-refractivity contribution is -0.131. The Labute approximate surface area is 101 Å². The molecule has 0 bridgehead atoms. The number of carbonyl (C=O) groups excluding carboxylic acids is 2. The predicted molar refractivity (Wildman–Crippen MR) is 65.2 cm³/mol. The molecule has 0 aromatic carbocycles. The van der Waals surface area contributed by atoms with Gasteiger partial charge in [-0.05, 0) is 43.8 Å². The normalized spacial score (nSPS) is 39.7. The molecule has 3 rings (SSSR count). The molecule has 0 heterocycles. The molecule has 0 fully saturated rings. The van der Waals surface area contributed by atoms with Crippen molar-refractivity contribution in [1.82, 2.24) is 0 Å². The van der Waals surface area contributed by atoms with E-state index in [1.54, 1.807) is 12.2 Å². The van der Waals surface area contributed by atoms with Gasteiger partial charge in [-0.3, -0.25) is 9.59 Å². The van der Waals surface area contributed by atoms with Crippen LogP contribution in [0.2, 0.25) is 0 Å². The van der Waals surface area contributed by atoms with Crippen LogP contribution < -0.4 is 0 Å². The van der Waals surface area contributed by atoms with Gasteiger partial charge in [0, 0.05) is 11.8 Å². The molecule has 0 N–H and O–H groups in total. The van der Waals surface area contributed by atoms with Crippen LogP contribution in [0, 0.1) is 23.7 Å². The highest BCUT2D eigenvalue weighted by Crippen LogP contribution is 2.43. The average molecular weight is 228 g/mol. The van der Waals surface area contributed by atoms with E-state index in [0.29, 0.717) is 0 Å². The van der Waals surface area contributed by atoms with Crippen molar-refractivity contribution in [1.29, 1.82) is 0 Å². The van der Waals surface area contributed by atoms with Gasteiger partial charge in [0.15, 0.2) is 11.6 Å². The summed E-state index contributed by atoms with van der Waals surface area (Å²) in [6.07, 6.45) is 11.5. The molecule has 0 aromatic rings. The van der Waals surface area contributed by atoms with Crippen LogP contribution in [0.1, 0.15) is 19.8 Å². The first-order chi connectivity index (χ1) is 8.16. The summed E-state index contributed by atoms with van der Waals surface area (Å²) in [7, 11) is 0. The third kappa shape index (κ3) is 1.63. The third-order valence-electron chi connectivity index (χ3n) is 4.21. The zero-order chi connectivity index (χ0) is 12.0. The number of allylic oxidation sites excluding steroid dienone is 6. The van der Waals surface area contributed by atoms with Crippen molar-refractivity contribution in [3.05, 3.63) is 36.0 Å². The Balaban J connectivity index is 2.02. The first kappa shape index (κ1) is 10.7. The highest BCUT2D eigenvalue weighted by molar-refractivity contribution is 6.01. The Morgan fingerprint density at radius 1 is 1.06 bits per heavy atom. The Kier molecular flexibility index (Phi) is 2.39. The Bertz CT molecular complexity index is 467. The first-order valence-electron chi connectivity index (χ1n) is 6.26. The minimum atomic E-state index is -0.105. The number of hydrogen-bond acceptors (Lipinski definition) is 2. The number of carbonyl (C=O) groups is 2. The van der Waals surface area contributed by atoms with E-state index < -0.39 is 0 Å². The predicted octanol–water partition coefficient (Wildman–Crippen LogP) is 2.47. The third-order valence-corrected chi connectivity index (χ3v) is 4.21. The summed E-state index contributed by atoms with van der Waals surface area (Å²) in [5.41, 5.74) is 1.14. The Morgan fingerprint density at radius 2 is 1.76 bits per heavy atom. The fourth-order valence-corrected chi connectivity index (χ4v) is 3.48. The summed E-state index contributed by atoms with van der Waals surface area (Å²) in [6, 6.07) is 0. The van der Waals surface area contributed by atoms with Crippen LogP contribution in [0.5, 0.6) is 0 Å². The molecule has 88 valence electrons. The molecule has 0 radical (unpaired) electrons. The quantitative estimate of drug-likeness (QED) is 0.597. The van der Waals surface area contributed by atoms with Gasteiger partial charge in [-0.15, -0.1) is 0 Å². The molecule has 0 spiro atoms. The van der Waals surface area contributed by atoms with Crippen molar-refractivity contribution in [3.8, 4) is 0 Å². The van der Waals surface area contributed by atoms with E-state index >= 15 is 0 Å². The van der Waals surface area contributed by atoms with Crippen LogP contribution in [-0.2, 0) is 9.59 Å². The zero-order valence-corrected chi connectivity index (χ0v) is 9.93. The maximum absolute atomic E-state index is 12.2. The lowest BCUT2D eigenvalue weighted by Crippen LogP contribution is -2.43. The molecule has 3 aliphatic rings. The van der Waals surface area contributed by atoms with Gasteiger partial charge < -0.3 is 0 Å². The van der Waals surface area contributed by atoms with Crippen LogP contribution in [0.3, 0.4) is 0 Å². The van der Waals surface area contributed by atoms with Gasteiger partial charge in [0.2, 0.25) is 0 Å². The lowest BCUT2D eigenvalue weighted by Gasteiger charge is -2.40. The fourth-order valence-electron chi connectivity index (χ4n) is 3.48. The van der Waals surface area contributed by atoms with E-state index in [-0.39, 0.29) is 35.2 Å². The van der Waals surface area contributed by atoms with Gasteiger partial charge in [-0.2, -0.15) is 0 Å². The van der Waals surface area contributed by atoms with Crippen LogP contribution in [-0.4, -0.2) is 11.6 Å². The monoisotopic (exact) mass is 228 g/mol. The highest BCUT2D eigenvalue weighted by atomic mass is 16.1. The van der Waals surface area contributed by atoms with E-state index in [4.69, 9.17) is 0 Å². The number of ketones is 2. The maximum Gasteiger partial charge on any atom is 0.160 e. The number of fused-ring (bicyclic) bond motifs is 3. The van der Waals surface area contributed by atoms with E-state index in [0.717, 1.165) is 18.4 Å². The average Bonchev–Trinajstić information content (AvgIpc) is 2.28. The van der Waals surface area contributed by atoms with Crippen molar-refractivity contribution in [3.63, 3.8) is 0 Å². The largest absolute Gasteiger partial charge is 0.295 e. The summed E-state index contributed by atoms with van der Waals surface area (Å²) in [5, 5.41) is 0. The number of hydrogen-bond donors (Lipinski definition) is 0. The van der Waals surface area contributed by atoms with E-state index in [1.807, 2.05) is 13.0 Å². The Morgan fingerprint density at radius 3 is 2.59 bits per heavy atom. The molecule has 2 heteroatoms. The van der Waals surface area contributed by atoms with Crippen molar-refractivity contribution < 1.29 is 9.59 Å². The van der Waals surface area contributed by atoms with E-state index in [9.17, 15) is 9.59 Å². The van der Waals surface area contributed by atoms with Gasteiger partial charge in [-0.1, -0.05) is 23.8 Å². The van der Waals surface area contributed by atoms with Gasteiger partial charge in [0.1, 0.15) is 0 Å². The van der Waals surface area contributed by atoms with Crippen molar-refractivity contribution in [2.45, 2.75) is 19.8 Å². The molecular weight excluding hydrogens is 212 g/mol. The van der Waals surface area contributed by atoms with Crippen LogP contribution >= 0.6 is 0 Å². The lowest BCUT2D eigenvalue weighted by atomic mass is 9.61. The molecule has 0 aromatic heterocycles. The smallest absolute Gasteiger partial charge is 0.160 e. The molecule has 2 nitrogen and oxygen atoms in total. The van der Waals surface area contributed by atoms with Crippen molar-refractivity contribution in [2.24, 2.45) is 23.7 Å². The van der Waals surface area contributed by atoms with E-state index in [1.165, 1.54) is 0 Å². The topological polar surface area (TPSA) is 34.1 Å². The standard InChI is InChI=1S/C15H16O2/c1-9-7-11-6-5-10-3-2-4-12(16)14(10)15(11)13(17)8-9/h2,4-6,8,10-11,14-15H,3,7H2,1H3/t10-,11+,14-,15-/m1/s1. The van der Waals surface area contributed by atoms with Crippen LogP contribution in [0.4, 0.5) is 0 Å². The maximum atomic E-state index is 12.2. The van der Waals surface area contributed by atoms with Gasteiger partial charge >= 0.3 is 0 Å². The molecule has 3 aliphatic carbocycles. The zero-order valence-electron chi connectivity index (χ0n) is 9.93. The highest BCUT2D eigenvalue weighted by Gasteiger charge is 2.45. The van der Waals surface area contributed by atoms with E-state index in [2.05, 4.69) is 12.2 Å². The summed E-state index contributed by atoms with van der Waals surface area (Å²) >= 11 is 0. The summed E-state index contributed by atoms with van der Waals surface area (Å²) in [6.45, 7) is 2.00. The molecule has 17 heavy (non-hydrogen) atoms. The molecule has 0 unspecified atom stereocenters. The van der Waals surface area contributed by atoms with Crippen LogP contribution in [0.25, 0.3) is 0 Å². The first-order valence-corrected chi connectivity index (χ1v) is 6.26. The van der Waals surface area contributed by atoms with Gasteiger partial charge in [-0.25, -0.2) is 0 Å². The Hall–Kier alpha value is -1.44. The minimum absolute atomic E-state index is 0.105. The summed E-state index contributed by atoms with van der Waals surface area (Å²) < 4.78 is 0. The van der Waals surface area contributed by atoms with Gasteiger partial charge in [0.25, 0.3) is 0 Å².